The Morgan fingerprint density at radius 1 is 1.21 bits per heavy atom. The van der Waals surface area contributed by atoms with Crippen LogP contribution in [0.15, 0.2) is 0 Å². The standard InChI is InChI=1S/C16H29NOS/c1-2-18-15-11-14(16(15)8-4-5-9-16)17-12-13-7-3-6-10-19-13/h13-15,17H,2-12H2,1H3. The Hall–Kier alpha value is 0.270. The van der Waals surface area contributed by atoms with Gasteiger partial charge in [-0.3, -0.25) is 0 Å². The van der Waals surface area contributed by atoms with Gasteiger partial charge < -0.3 is 10.1 Å². The monoisotopic (exact) mass is 283 g/mol. The van der Waals surface area contributed by atoms with Crippen LogP contribution in [0, 0.1) is 5.41 Å². The summed E-state index contributed by atoms with van der Waals surface area (Å²) in [5.74, 6) is 1.38. The van der Waals surface area contributed by atoms with E-state index in [-0.39, 0.29) is 0 Å². The zero-order valence-corrected chi connectivity index (χ0v) is 13.1. The summed E-state index contributed by atoms with van der Waals surface area (Å²) in [5, 5.41) is 4.78. The molecule has 0 radical (unpaired) electrons. The highest BCUT2D eigenvalue weighted by atomic mass is 32.2. The summed E-state index contributed by atoms with van der Waals surface area (Å²) in [4.78, 5) is 0. The highest BCUT2D eigenvalue weighted by Crippen LogP contribution is 2.54. The van der Waals surface area contributed by atoms with Gasteiger partial charge in [-0.15, -0.1) is 0 Å². The fraction of sp³-hybridized carbons (Fsp3) is 1.00. The Balaban J connectivity index is 1.50. The van der Waals surface area contributed by atoms with Crippen LogP contribution in [0.5, 0.6) is 0 Å². The molecule has 1 heterocycles. The molecule has 1 spiro atoms. The zero-order chi connectivity index (χ0) is 13.1. The first kappa shape index (κ1) is 14.2. The third-order valence-corrected chi connectivity index (χ3v) is 6.95. The smallest absolute Gasteiger partial charge is 0.0661 e. The van der Waals surface area contributed by atoms with Crippen molar-refractivity contribution < 1.29 is 4.74 Å². The molecule has 1 N–H and O–H groups in total. The predicted octanol–water partition coefficient (Wildman–Crippen LogP) is 3.60. The lowest BCUT2D eigenvalue weighted by Gasteiger charge is -2.54. The van der Waals surface area contributed by atoms with Crippen molar-refractivity contribution >= 4 is 11.8 Å². The SMILES string of the molecule is CCOC1CC(NCC2CCCCS2)C12CCCC2. The minimum atomic E-state index is 0.509. The summed E-state index contributed by atoms with van der Waals surface area (Å²) in [7, 11) is 0. The molecule has 2 nitrogen and oxygen atoms in total. The van der Waals surface area contributed by atoms with E-state index in [1.165, 1.54) is 63.7 Å². The molecular weight excluding hydrogens is 254 g/mol. The van der Waals surface area contributed by atoms with Gasteiger partial charge in [0, 0.05) is 29.9 Å². The molecular formula is C16H29NOS. The van der Waals surface area contributed by atoms with Crippen LogP contribution >= 0.6 is 11.8 Å². The van der Waals surface area contributed by atoms with E-state index < -0.39 is 0 Å². The van der Waals surface area contributed by atoms with Crippen molar-refractivity contribution in [3.8, 4) is 0 Å². The maximum absolute atomic E-state index is 5.99. The van der Waals surface area contributed by atoms with Crippen molar-refractivity contribution in [3.05, 3.63) is 0 Å². The average Bonchev–Trinajstić information content (AvgIpc) is 2.95. The van der Waals surface area contributed by atoms with Gasteiger partial charge in [0.1, 0.15) is 0 Å². The normalized spacial score (nSPS) is 37.4. The van der Waals surface area contributed by atoms with E-state index in [0.717, 1.165) is 17.9 Å². The summed E-state index contributed by atoms with van der Waals surface area (Å²) in [5.41, 5.74) is 0.509. The number of rotatable bonds is 5. The van der Waals surface area contributed by atoms with Crippen LogP contribution in [0.4, 0.5) is 0 Å². The third-order valence-electron chi connectivity index (χ3n) is 5.55. The minimum absolute atomic E-state index is 0.509. The van der Waals surface area contributed by atoms with Gasteiger partial charge in [-0.05, 0) is 44.8 Å². The van der Waals surface area contributed by atoms with E-state index >= 15 is 0 Å². The first-order valence-corrected chi connectivity index (χ1v) is 9.36. The van der Waals surface area contributed by atoms with Gasteiger partial charge in [0.15, 0.2) is 0 Å². The van der Waals surface area contributed by atoms with Gasteiger partial charge in [-0.1, -0.05) is 19.3 Å². The van der Waals surface area contributed by atoms with Crippen LogP contribution in [-0.2, 0) is 4.74 Å². The van der Waals surface area contributed by atoms with Gasteiger partial charge in [0.25, 0.3) is 0 Å². The van der Waals surface area contributed by atoms with Crippen LogP contribution in [-0.4, -0.2) is 36.3 Å². The van der Waals surface area contributed by atoms with Crippen molar-refractivity contribution in [1.82, 2.24) is 5.32 Å². The lowest BCUT2D eigenvalue weighted by molar-refractivity contribution is -0.130. The second kappa shape index (κ2) is 6.36. The van der Waals surface area contributed by atoms with Crippen molar-refractivity contribution in [2.75, 3.05) is 18.9 Å². The Morgan fingerprint density at radius 3 is 2.74 bits per heavy atom. The Morgan fingerprint density at radius 2 is 2.05 bits per heavy atom. The van der Waals surface area contributed by atoms with Gasteiger partial charge in [-0.25, -0.2) is 0 Å². The molecule has 3 aliphatic rings. The lowest BCUT2D eigenvalue weighted by atomic mass is 9.60. The molecule has 0 bridgehead atoms. The third kappa shape index (κ3) is 2.84. The van der Waals surface area contributed by atoms with E-state index in [2.05, 4.69) is 24.0 Å². The summed E-state index contributed by atoms with van der Waals surface area (Å²) >= 11 is 2.19. The number of thioether (sulfide) groups is 1. The van der Waals surface area contributed by atoms with Gasteiger partial charge in [-0.2, -0.15) is 11.8 Å². The van der Waals surface area contributed by atoms with E-state index in [1.807, 2.05) is 0 Å². The van der Waals surface area contributed by atoms with Crippen molar-refractivity contribution in [1.29, 1.82) is 0 Å². The van der Waals surface area contributed by atoms with Crippen LogP contribution < -0.4 is 5.32 Å². The fourth-order valence-electron chi connectivity index (χ4n) is 4.41. The molecule has 2 aliphatic carbocycles. The van der Waals surface area contributed by atoms with Crippen LogP contribution in [0.25, 0.3) is 0 Å². The van der Waals surface area contributed by atoms with E-state index in [0.29, 0.717) is 11.5 Å². The quantitative estimate of drug-likeness (QED) is 0.833. The number of nitrogens with one attached hydrogen (secondary N) is 1. The minimum Gasteiger partial charge on any atom is -0.378 e. The second-order valence-electron chi connectivity index (χ2n) is 6.57. The van der Waals surface area contributed by atoms with Crippen LogP contribution in [0.3, 0.4) is 0 Å². The number of hydrogen-bond donors (Lipinski definition) is 1. The molecule has 3 rings (SSSR count). The molecule has 3 heteroatoms. The first-order chi connectivity index (χ1) is 9.35. The Kier molecular flexibility index (Phi) is 4.76. The molecule has 3 unspecified atom stereocenters. The molecule has 19 heavy (non-hydrogen) atoms. The number of hydrogen-bond acceptors (Lipinski definition) is 3. The molecule has 2 saturated carbocycles. The van der Waals surface area contributed by atoms with Crippen molar-refractivity contribution in [3.63, 3.8) is 0 Å². The average molecular weight is 283 g/mol. The van der Waals surface area contributed by atoms with Crippen LogP contribution in [0.1, 0.15) is 58.3 Å². The highest BCUT2D eigenvalue weighted by Gasteiger charge is 2.56. The maximum Gasteiger partial charge on any atom is 0.0661 e. The predicted molar refractivity (Wildman–Crippen MR) is 82.8 cm³/mol. The molecule has 1 aliphatic heterocycles. The lowest BCUT2D eigenvalue weighted by Crippen LogP contribution is -2.63. The summed E-state index contributed by atoms with van der Waals surface area (Å²) in [6.07, 6.45) is 11.7. The van der Waals surface area contributed by atoms with Crippen molar-refractivity contribution in [2.24, 2.45) is 5.41 Å². The molecule has 3 atom stereocenters. The second-order valence-corrected chi connectivity index (χ2v) is 7.98. The summed E-state index contributed by atoms with van der Waals surface area (Å²) in [6, 6.07) is 0.745. The molecule has 3 fully saturated rings. The molecule has 0 aromatic heterocycles. The fourth-order valence-corrected chi connectivity index (χ4v) is 5.67. The Labute approximate surface area is 122 Å². The Bertz CT molecular complexity index is 284. The van der Waals surface area contributed by atoms with Gasteiger partial charge in [0.2, 0.25) is 0 Å². The molecule has 0 amide bonds. The van der Waals surface area contributed by atoms with E-state index in [1.54, 1.807) is 0 Å². The summed E-state index contributed by atoms with van der Waals surface area (Å²) in [6.45, 7) is 4.26. The number of ether oxygens (including phenoxy) is 1. The molecule has 110 valence electrons. The van der Waals surface area contributed by atoms with Crippen molar-refractivity contribution in [2.45, 2.75) is 75.7 Å². The largest absolute Gasteiger partial charge is 0.378 e. The molecule has 0 aromatic carbocycles. The summed E-state index contributed by atoms with van der Waals surface area (Å²) < 4.78 is 5.99. The first-order valence-electron chi connectivity index (χ1n) is 8.32. The molecule has 1 saturated heterocycles. The molecule has 0 aromatic rings. The van der Waals surface area contributed by atoms with Gasteiger partial charge in [0.05, 0.1) is 6.10 Å². The maximum atomic E-state index is 5.99. The van der Waals surface area contributed by atoms with Gasteiger partial charge >= 0.3 is 0 Å². The van der Waals surface area contributed by atoms with E-state index in [4.69, 9.17) is 4.74 Å². The zero-order valence-electron chi connectivity index (χ0n) is 12.3. The topological polar surface area (TPSA) is 21.3 Å². The van der Waals surface area contributed by atoms with E-state index in [9.17, 15) is 0 Å². The van der Waals surface area contributed by atoms with Crippen LogP contribution in [0.2, 0.25) is 0 Å². The highest BCUT2D eigenvalue weighted by molar-refractivity contribution is 7.99.